The predicted octanol–water partition coefficient (Wildman–Crippen LogP) is 3.14. The highest BCUT2D eigenvalue weighted by Crippen LogP contribution is 2.47. The zero-order valence-corrected chi connectivity index (χ0v) is 14.2. The first-order valence-corrected chi connectivity index (χ1v) is 7.90. The molecule has 3 atom stereocenters. The highest BCUT2D eigenvalue weighted by Gasteiger charge is 2.53. The summed E-state index contributed by atoms with van der Waals surface area (Å²) in [7, 11) is 1.56. The summed E-state index contributed by atoms with van der Waals surface area (Å²) < 4.78 is 5.23. The summed E-state index contributed by atoms with van der Waals surface area (Å²) in [6.07, 6.45) is 3.27. The number of carbonyl (C=O) groups is 3. The average molecular weight is 314 g/mol. The van der Waals surface area contributed by atoms with Crippen molar-refractivity contribution < 1.29 is 19.1 Å². The Kier molecular flexibility index (Phi) is 4.55. The smallest absolute Gasteiger partial charge is 0.229 e. The van der Waals surface area contributed by atoms with Crippen LogP contribution in [0.25, 0.3) is 0 Å². The van der Waals surface area contributed by atoms with Crippen LogP contribution in [0.3, 0.4) is 0 Å². The molecule has 4 nitrogen and oxygen atoms in total. The van der Waals surface area contributed by atoms with Crippen molar-refractivity contribution in [2.45, 2.75) is 33.1 Å². The maximum atomic E-state index is 12.5. The molecular formula is C19H22O4. The minimum absolute atomic E-state index is 0.107. The molecule has 0 spiro atoms. The first-order valence-electron chi connectivity index (χ1n) is 7.90. The van der Waals surface area contributed by atoms with Crippen LogP contribution in [0.1, 0.15) is 43.6 Å². The summed E-state index contributed by atoms with van der Waals surface area (Å²) >= 11 is 0. The summed E-state index contributed by atoms with van der Waals surface area (Å²) in [5.41, 5.74) is 0.514. The van der Waals surface area contributed by atoms with Gasteiger partial charge < -0.3 is 4.74 Å². The van der Waals surface area contributed by atoms with Crippen LogP contribution in [0.2, 0.25) is 0 Å². The molecule has 0 saturated carbocycles. The standard InChI is InChI=1S/C17H16O4.C2H6/c1-9-13(18)6-7-17(2)12-8-10(21-3)4-5-11(12)15(19)16(20)14(9)17;1-2/h4-9,14H,1-3H3;1-2H3. The van der Waals surface area contributed by atoms with Crippen molar-refractivity contribution in [2.24, 2.45) is 11.8 Å². The molecule has 0 heterocycles. The number of hydrogen-bond donors (Lipinski definition) is 0. The van der Waals surface area contributed by atoms with Gasteiger partial charge in [-0.25, -0.2) is 0 Å². The first-order chi connectivity index (χ1) is 10.9. The van der Waals surface area contributed by atoms with Gasteiger partial charge in [0.1, 0.15) is 5.75 Å². The van der Waals surface area contributed by atoms with Crippen molar-refractivity contribution >= 4 is 17.3 Å². The SMILES string of the molecule is CC.COc1ccc2c(c1)C1(C)C=CC(=O)C(C)C1C(=O)C2=O. The third-order valence-electron chi connectivity index (χ3n) is 4.75. The number of ether oxygens (including phenoxy) is 1. The Morgan fingerprint density at radius 3 is 2.39 bits per heavy atom. The van der Waals surface area contributed by atoms with E-state index in [9.17, 15) is 14.4 Å². The second-order valence-electron chi connectivity index (χ2n) is 5.89. The van der Waals surface area contributed by atoms with Crippen molar-refractivity contribution in [3.63, 3.8) is 0 Å². The second-order valence-corrected chi connectivity index (χ2v) is 5.89. The number of Topliss-reactive ketones (excluding diaryl/α,β-unsaturated/α-hetero) is 2. The number of ketones is 3. The van der Waals surface area contributed by atoms with E-state index in [0.717, 1.165) is 5.56 Å². The van der Waals surface area contributed by atoms with Crippen LogP contribution in [-0.4, -0.2) is 24.5 Å². The monoisotopic (exact) mass is 314 g/mol. The van der Waals surface area contributed by atoms with Crippen LogP contribution in [0.4, 0.5) is 0 Å². The minimum atomic E-state index is -0.651. The Balaban J connectivity index is 0.000000924. The van der Waals surface area contributed by atoms with E-state index >= 15 is 0 Å². The van der Waals surface area contributed by atoms with Crippen LogP contribution < -0.4 is 4.74 Å². The van der Waals surface area contributed by atoms with E-state index in [-0.39, 0.29) is 5.78 Å². The lowest BCUT2D eigenvalue weighted by Crippen LogP contribution is -2.51. The lowest BCUT2D eigenvalue weighted by atomic mass is 9.57. The van der Waals surface area contributed by atoms with Gasteiger partial charge in [0.15, 0.2) is 5.78 Å². The molecule has 2 aliphatic rings. The lowest BCUT2D eigenvalue weighted by Gasteiger charge is -2.43. The fourth-order valence-corrected chi connectivity index (χ4v) is 3.52. The van der Waals surface area contributed by atoms with Crippen molar-refractivity contribution in [1.29, 1.82) is 0 Å². The molecule has 122 valence electrons. The molecule has 3 rings (SSSR count). The molecule has 1 aromatic carbocycles. The van der Waals surface area contributed by atoms with Crippen molar-refractivity contribution in [1.82, 2.24) is 0 Å². The summed E-state index contributed by atoms with van der Waals surface area (Å²) in [4.78, 5) is 36.7. The Labute approximate surface area is 136 Å². The van der Waals surface area contributed by atoms with E-state index in [2.05, 4.69) is 0 Å². The molecule has 0 N–H and O–H groups in total. The van der Waals surface area contributed by atoms with Crippen molar-refractivity contribution in [3.05, 3.63) is 41.5 Å². The third kappa shape index (κ3) is 2.42. The second kappa shape index (κ2) is 6.11. The first kappa shape index (κ1) is 17.1. The minimum Gasteiger partial charge on any atom is -0.497 e. The van der Waals surface area contributed by atoms with Gasteiger partial charge in [-0.1, -0.05) is 33.8 Å². The molecule has 0 aromatic heterocycles. The van der Waals surface area contributed by atoms with Gasteiger partial charge in [0.25, 0.3) is 0 Å². The Morgan fingerprint density at radius 1 is 1.13 bits per heavy atom. The van der Waals surface area contributed by atoms with Gasteiger partial charge in [0, 0.05) is 22.8 Å². The van der Waals surface area contributed by atoms with E-state index in [0.29, 0.717) is 11.3 Å². The molecule has 0 fully saturated rings. The molecule has 0 radical (unpaired) electrons. The normalized spacial score (nSPS) is 28.5. The van der Waals surface area contributed by atoms with E-state index in [1.165, 1.54) is 6.08 Å². The van der Waals surface area contributed by atoms with Gasteiger partial charge in [-0.2, -0.15) is 0 Å². The molecule has 0 saturated heterocycles. The molecule has 0 bridgehead atoms. The number of hydrogen-bond acceptors (Lipinski definition) is 4. The lowest BCUT2D eigenvalue weighted by molar-refractivity contribution is -0.130. The Bertz CT molecular complexity index is 701. The maximum Gasteiger partial charge on any atom is 0.229 e. The summed E-state index contributed by atoms with van der Waals surface area (Å²) in [5, 5.41) is 0. The van der Waals surface area contributed by atoms with E-state index in [1.807, 2.05) is 20.8 Å². The van der Waals surface area contributed by atoms with Crippen LogP contribution in [0, 0.1) is 11.8 Å². The number of fused-ring (bicyclic) bond motifs is 3. The van der Waals surface area contributed by atoms with Gasteiger partial charge in [0.2, 0.25) is 11.6 Å². The van der Waals surface area contributed by atoms with Gasteiger partial charge in [-0.05, 0) is 29.8 Å². The summed E-state index contributed by atoms with van der Waals surface area (Å²) in [6.45, 7) is 7.62. The predicted molar refractivity (Wildman–Crippen MR) is 87.8 cm³/mol. The average Bonchev–Trinajstić information content (AvgIpc) is 2.58. The fraction of sp³-hybridized carbons (Fsp3) is 0.421. The highest BCUT2D eigenvalue weighted by atomic mass is 16.5. The Hall–Kier alpha value is -2.23. The van der Waals surface area contributed by atoms with E-state index in [4.69, 9.17) is 4.74 Å². The molecule has 0 aliphatic heterocycles. The van der Waals surface area contributed by atoms with Crippen LogP contribution in [0.15, 0.2) is 30.4 Å². The number of benzene rings is 1. The molecular weight excluding hydrogens is 292 g/mol. The maximum absolute atomic E-state index is 12.5. The van der Waals surface area contributed by atoms with Gasteiger partial charge in [-0.3, -0.25) is 14.4 Å². The number of allylic oxidation sites excluding steroid dienone is 2. The zero-order chi connectivity index (χ0) is 17.4. The van der Waals surface area contributed by atoms with Crippen molar-refractivity contribution in [3.8, 4) is 5.75 Å². The zero-order valence-electron chi connectivity index (χ0n) is 14.2. The fourth-order valence-electron chi connectivity index (χ4n) is 3.52. The molecule has 2 aliphatic carbocycles. The molecule has 23 heavy (non-hydrogen) atoms. The Morgan fingerprint density at radius 2 is 1.78 bits per heavy atom. The number of rotatable bonds is 1. The summed E-state index contributed by atoms with van der Waals surface area (Å²) in [5.74, 6) is -1.58. The largest absolute Gasteiger partial charge is 0.497 e. The summed E-state index contributed by atoms with van der Waals surface area (Å²) in [6, 6.07) is 5.10. The van der Waals surface area contributed by atoms with Crippen LogP contribution in [-0.2, 0) is 15.0 Å². The quantitative estimate of drug-likeness (QED) is 0.747. The van der Waals surface area contributed by atoms with E-state index < -0.39 is 28.8 Å². The number of carbonyl (C=O) groups excluding carboxylic acids is 3. The molecule has 0 amide bonds. The van der Waals surface area contributed by atoms with Gasteiger partial charge in [0.05, 0.1) is 7.11 Å². The molecule has 1 aromatic rings. The third-order valence-corrected chi connectivity index (χ3v) is 4.75. The van der Waals surface area contributed by atoms with Crippen LogP contribution in [0.5, 0.6) is 5.75 Å². The topological polar surface area (TPSA) is 60.4 Å². The molecule has 3 unspecified atom stereocenters. The van der Waals surface area contributed by atoms with Crippen molar-refractivity contribution in [2.75, 3.05) is 7.11 Å². The van der Waals surface area contributed by atoms with Gasteiger partial charge >= 0.3 is 0 Å². The van der Waals surface area contributed by atoms with E-state index in [1.54, 1.807) is 38.3 Å². The highest BCUT2D eigenvalue weighted by molar-refractivity contribution is 6.46. The number of methoxy groups -OCH3 is 1. The van der Waals surface area contributed by atoms with Gasteiger partial charge in [-0.15, -0.1) is 0 Å². The molecule has 4 heteroatoms. The van der Waals surface area contributed by atoms with Crippen LogP contribution >= 0.6 is 0 Å².